The van der Waals surface area contributed by atoms with Crippen LogP contribution >= 0.6 is 0 Å². The molecule has 1 aromatic heterocycles. The number of nitrogens with zero attached hydrogens (tertiary/aromatic N) is 1. The summed E-state index contributed by atoms with van der Waals surface area (Å²) >= 11 is 0. The molecule has 0 aliphatic carbocycles. The van der Waals surface area contributed by atoms with E-state index in [1.807, 2.05) is 0 Å². The second-order valence-corrected chi connectivity index (χ2v) is 5.26. The van der Waals surface area contributed by atoms with E-state index in [0.717, 1.165) is 0 Å². The van der Waals surface area contributed by atoms with Crippen molar-refractivity contribution in [1.29, 1.82) is 0 Å². The van der Waals surface area contributed by atoms with Gasteiger partial charge >= 0.3 is 6.18 Å². The van der Waals surface area contributed by atoms with E-state index in [1.165, 1.54) is 43.7 Å². The smallest absolute Gasteiger partial charge is 0.406 e. The molecule has 2 rings (SSSR count). The number of methoxy groups -OCH3 is 1. The van der Waals surface area contributed by atoms with Crippen molar-refractivity contribution in [2.45, 2.75) is 12.7 Å². The van der Waals surface area contributed by atoms with Gasteiger partial charge in [0, 0.05) is 5.56 Å². The van der Waals surface area contributed by atoms with Crippen LogP contribution in [0.1, 0.15) is 16.1 Å². The first kappa shape index (κ1) is 19.4. The summed E-state index contributed by atoms with van der Waals surface area (Å²) in [6.07, 6.45) is -2.70. The van der Waals surface area contributed by atoms with Gasteiger partial charge in [-0.3, -0.25) is 9.59 Å². The summed E-state index contributed by atoms with van der Waals surface area (Å²) in [5.41, 5.74) is 0.274. The molecule has 1 heterocycles. The number of aldehydes is 1. The van der Waals surface area contributed by atoms with E-state index in [4.69, 9.17) is 13.9 Å². The van der Waals surface area contributed by atoms with E-state index in [2.05, 4.69) is 0 Å². The highest BCUT2D eigenvalue weighted by atomic mass is 19.4. The molecule has 0 unspecified atom stereocenters. The SMILES string of the molecule is COc1ccc(C=O)cc1OCC(=O)N(Cc1ccco1)CC(F)(F)F. The molecule has 0 saturated heterocycles. The van der Waals surface area contributed by atoms with Crippen LogP contribution in [-0.4, -0.2) is 43.5 Å². The topological polar surface area (TPSA) is 69.0 Å². The zero-order valence-corrected chi connectivity index (χ0v) is 13.8. The number of alkyl halides is 3. The fraction of sp³-hybridized carbons (Fsp3) is 0.294. The van der Waals surface area contributed by atoms with Crippen LogP contribution < -0.4 is 9.47 Å². The quantitative estimate of drug-likeness (QED) is 0.667. The summed E-state index contributed by atoms with van der Waals surface area (Å²) in [7, 11) is 1.36. The fourth-order valence-corrected chi connectivity index (χ4v) is 2.15. The molecule has 9 heteroatoms. The van der Waals surface area contributed by atoms with Crippen LogP contribution in [0.4, 0.5) is 13.2 Å². The van der Waals surface area contributed by atoms with Crippen molar-refractivity contribution >= 4 is 12.2 Å². The lowest BCUT2D eigenvalue weighted by Gasteiger charge is -2.23. The molecule has 0 aliphatic rings. The molecule has 0 fully saturated rings. The molecule has 26 heavy (non-hydrogen) atoms. The second kappa shape index (κ2) is 8.41. The highest BCUT2D eigenvalue weighted by molar-refractivity contribution is 5.79. The van der Waals surface area contributed by atoms with Crippen molar-refractivity contribution in [1.82, 2.24) is 4.90 Å². The average molecular weight is 371 g/mol. The Bertz CT molecular complexity index is 743. The van der Waals surface area contributed by atoms with Crippen LogP contribution in [0.2, 0.25) is 0 Å². The van der Waals surface area contributed by atoms with E-state index in [-0.39, 0.29) is 29.4 Å². The Kier molecular flexibility index (Phi) is 6.26. The normalized spacial score (nSPS) is 11.1. The summed E-state index contributed by atoms with van der Waals surface area (Å²) in [5.74, 6) is -0.354. The highest BCUT2D eigenvalue weighted by Crippen LogP contribution is 2.28. The molecule has 1 aromatic carbocycles. The molecular formula is C17H16F3NO5. The van der Waals surface area contributed by atoms with E-state index in [1.54, 1.807) is 0 Å². The third-order valence-electron chi connectivity index (χ3n) is 3.32. The number of amides is 1. The minimum absolute atomic E-state index is 0.0791. The Morgan fingerprint density at radius 2 is 2.04 bits per heavy atom. The number of hydrogen-bond donors (Lipinski definition) is 0. The molecule has 0 bridgehead atoms. The number of ether oxygens (including phenoxy) is 2. The Hall–Kier alpha value is -2.97. The van der Waals surface area contributed by atoms with Gasteiger partial charge in [0.05, 0.1) is 19.9 Å². The maximum Gasteiger partial charge on any atom is 0.406 e. The maximum absolute atomic E-state index is 12.8. The molecule has 0 saturated carbocycles. The van der Waals surface area contributed by atoms with Gasteiger partial charge in [-0.25, -0.2) is 0 Å². The molecule has 140 valence electrons. The van der Waals surface area contributed by atoms with Crippen LogP contribution in [0.3, 0.4) is 0 Å². The minimum Gasteiger partial charge on any atom is -0.493 e. The summed E-state index contributed by atoms with van der Waals surface area (Å²) < 4.78 is 53.6. The van der Waals surface area contributed by atoms with E-state index >= 15 is 0 Å². The van der Waals surface area contributed by atoms with Gasteiger partial charge < -0.3 is 18.8 Å². The minimum atomic E-state index is -4.57. The standard InChI is InChI=1S/C17H16F3NO5/c1-24-14-5-4-12(9-22)7-15(14)26-10-16(23)21(11-17(18,19)20)8-13-3-2-6-25-13/h2-7,9H,8,10-11H2,1H3. The van der Waals surface area contributed by atoms with Crippen molar-refractivity contribution < 1.29 is 36.7 Å². The highest BCUT2D eigenvalue weighted by Gasteiger charge is 2.33. The van der Waals surface area contributed by atoms with Crippen LogP contribution in [0, 0.1) is 0 Å². The van der Waals surface area contributed by atoms with Crippen molar-refractivity contribution in [2.24, 2.45) is 0 Å². The number of furan rings is 1. The molecule has 0 spiro atoms. The van der Waals surface area contributed by atoms with Crippen molar-refractivity contribution in [3.05, 3.63) is 47.9 Å². The van der Waals surface area contributed by atoms with Gasteiger partial charge in [-0.1, -0.05) is 0 Å². The lowest BCUT2D eigenvalue weighted by atomic mass is 10.2. The predicted octanol–water partition coefficient (Wildman–Crippen LogP) is 3.07. The molecule has 0 atom stereocenters. The van der Waals surface area contributed by atoms with Crippen molar-refractivity contribution in [3.8, 4) is 11.5 Å². The first-order valence-electron chi connectivity index (χ1n) is 7.45. The third kappa shape index (κ3) is 5.54. The zero-order valence-electron chi connectivity index (χ0n) is 13.8. The monoisotopic (exact) mass is 371 g/mol. The first-order chi connectivity index (χ1) is 12.3. The van der Waals surface area contributed by atoms with Gasteiger partial charge in [-0.05, 0) is 30.3 Å². The van der Waals surface area contributed by atoms with E-state index < -0.39 is 25.2 Å². The Morgan fingerprint density at radius 3 is 2.62 bits per heavy atom. The van der Waals surface area contributed by atoms with Gasteiger partial charge in [-0.15, -0.1) is 0 Å². The average Bonchev–Trinajstić information content (AvgIpc) is 3.10. The Balaban J connectivity index is 2.10. The number of benzene rings is 1. The molecule has 0 aliphatic heterocycles. The summed E-state index contributed by atoms with van der Waals surface area (Å²) in [4.78, 5) is 23.6. The van der Waals surface area contributed by atoms with Gasteiger partial charge in [-0.2, -0.15) is 13.2 Å². The van der Waals surface area contributed by atoms with Gasteiger partial charge in [0.2, 0.25) is 0 Å². The number of carbonyl (C=O) groups excluding carboxylic acids is 2. The van der Waals surface area contributed by atoms with Crippen LogP contribution in [0.15, 0.2) is 41.0 Å². The van der Waals surface area contributed by atoms with Crippen LogP contribution in [-0.2, 0) is 11.3 Å². The summed E-state index contributed by atoms with van der Waals surface area (Å²) in [5, 5.41) is 0. The molecule has 2 aromatic rings. The van der Waals surface area contributed by atoms with E-state index in [0.29, 0.717) is 11.2 Å². The van der Waals surface area contributed by atoms with Gasteiger partial charge in [0.15, 0.2) is 18.1 Å². The van der Waals surface area contributed by atoms with Crippen molar-refractivity contribution in [3.63, 3.8) is 0 Å². The van der Waals surface area contributed by atoms with Gasteiger partial charge in [0.25, 0.3) is 5.91 Å². The molecule has 0 radical (unpaired) electrons. The largest absolute Gasteiger partial charge is 0.493 e. The Labute approximate surface area is 147 Å². The fourth-order valence-electron chi connectivity index (χ4n) is 2.15. The van der Waals surface area contributed by atoms with Crippen LogP contribution in [0.25, 0.3) is 0 Å². The first-order valence-corrected chi connectivity index (χ1v) is 7.45. The number of rotatable bonds is 8. The maximum atomic E-state index is 12.8. The Morgan fingerprint density at radius 1 is 1.27 bits per heavy atom. The second-order valence-electron chi connectivity index (χ2n) is 5.26. The number of halogens is 3. The zero-order chi connectivity index (χ0) is 19.2. The summed E-state index contributed by atoms with van der Waals surface area (Å²) in [6, 6.07) is 7.25. The third-order valence-corrected chi connectivity index (χ3v) is 3.32. The van der Waals surface area contributed by atoms with Crippen molar-refractivity contribution in [2.75, 3.05) is 20.3 Å². The van der Waals surface area contributed by atoms with Crippen LogP contribution in [0.5, 0.6) is 11.5 Å². The molecule has 6 nitrogen and oxygen atoms in total. The molecule has 1 amide bonds. The molecular weight excluding hydrogens is 355 g/mol. The van der Waals surface area contributed by atoms with E-state index in [9.17, 15) is 22.8 Å². The predicted molar refractivity (Wildman–Crippen MR) is 84.1 cm³/mol. The molecule has 0 N–H and O–H groups in total. The number of carbonyl (C=O) groups is 2. The lowest BCUT2D eigenvalue weighted by Crippen LogP contribution is -2.40. The van der Waals surface area contributed by atoms with Gasteiger partial charge in [0.1, 0.15) is 18.6 Å². The summed E-state index contributed by atoms with van der Waals surface area (Å²) in [6.45, 7) is -2.45. The number of hydrogen-bond acceptors (Lipinski definition) is 5. The lowest BCUT2D eigenvalue weighted by molar-refractivity contribution is -0.164.